The van der Waals surface area contributed by atoms with E-state index in [4.69, 9.17) is 16.3 Å². The van der Waals surface area contributed by atoms with Gasteiger partial charge in [0.1, 0.15) is 11.9 Å². The fourth-order valence-corrected chi connectivity index (χ4v) is 2.70. The first kappa shape index (κ1) is 11.5. The molecule has 2 nitrogen and oxygen atoms in total. The molecule has 4 heteroatoms. The van der Waals surface area contributed by atoms with Crippen LogP contribution in [0.3, 0.4) is 0 Å². The Bertz CT molecular complexity index is 481. The molecule has 0 aliphatic heterocycles. The summed E-state index contributed by atoms with van der Waals surface area (Å²) in [6.07, 6.45) is -0.733. The quantitative estimate of drug-likeness (QED) is 0.909. The van der Waals surface area contributed by atoms with Crippen LogP contribution in [-0.4, -0.2) is 12.2 Å². The Hall–Kier alpha value is -1.03. The Morgan fingerprint density at radius 1 is 1.31 bits per heavy atom. The lowest BCUT2D eigenvalue weighted by Crippen LogP contribution is -2.00. The number of aliphatic hydroxyl groups excluding tert-OH is 1. The normalized spacial score (nSPS) is 12.4. The first-order valence-corrected chi connectivity index (χ1v) is 6.03. The third-order valence-corrected chi connectivity index (χ3v) is 3.74. The van der Waals surface area contributed by atoms with E-state index in [-0.39, 0.29) is 0 Å². The van der Waals surface area contributed by atoms with Crippen molar-refractivity contribution in [3.63, 3.8) is 0 Å². The largest absolute Gasteiger partial charge is 0.496 e. The molecule has 1 heterocycles. The Labute approximate surface area is 103 Å². The second-order valence-corrected chi connectivity index (χ2v) is 4.63. The van der Waals surface area contributed by atoms with Crippen molar-refractivity contribution < 1.29 is 9.84 Å². The van der Waals surface area contributed by atoms with E-state index in [0.29, 0.717) is 10.8 Å². The summed E-state index contributed by atoms with van der Waals surface area (Å²) in [5.74, 6) is 0.666. The van der Waals surface area contributed by atoms with Crippen LogP contribution < -0.4 is 4.74 Å². The fourth-order valence-electron chi connectivity index (χ4n) is 1.53. The third-order valence-electron chi connectivity index (χ3n) is 2.33. The van der Waals surface area contributed by atoms with E-state index in [2.05, 4.69) is 0 Å². The third kappa shape index (κ3) is 2.07. The first-order chi connectivity index (χ1) is 7.74. The van der Waals surface area contributed by atoms with E-state index in [1.165, 1.54) is 11.3 Å². The van der Waals surface area contributed by atoms with E-state index in [1.54, 1.807) is 13.2 Å². The number of benzene rings is 1. The van der Waals surface area contributed by atoms with Gasteiger partial charge in [0, 0.05) is 5.56 Å². The van der Waals surface area contributed by atoms with Gasteiger partial charge in [-0.2, -0.15) is 0 Å². The van der Waals surface area contributed by atoms with E-state index in [9.17, 15) is 5.11 Å². The van der Waals surface area contributed by atoms with Gasteiger partial charge in [-0.05, 0) is 17.5 Å². The van der Waals surface area contributed by atoms with Gasteiger partial charge in [0.25, 0.3) is 0 Å². The number of thiophene rings is 1. The van der Waals surface area contributed by atoms with Crippen LogP contribution in [-0.2, 0) is 0 Å². The lowest BCUT2D eigenvalue weighted by Gasteiger charge is -2.13. The minimum Gasteiger partial charge on any atom is -0.496 e. The van der Waals surface area contributed by atoms with E-state index in [1.807, 2.05) is 29.6 Å². The van der Waals surface area contributed by atoms with Crippen molar-refractivity contribution in [1.82, 2.24) is 0 Å². The van der Waals surface area contributed by atoms with Gasteiger partial charge in [0.2, 0.25) is 0 Å². The maximum Gasteiger partial charge on any atom is 0.125 e. The zero-order chi connectivity index (χ0) is 11.5. The van der Waals surface area contributed by atoms with Crippen LogP contribution in [0.5, 0.6) is 5.75 Å². The smallest absolute Gasteiger partial charge is 0.125 e. The van der Waals surface area contributed by atoms with Crippen LogP contribution >= 0.6 is 22.9 Å². The molecule has 2 rings (SSSR count). The predicted octanol–water partition coefficient (Wildman–Crippen LogP) is 3.49. The maximum absolute atomic E-state index is 10.2. The highest BCUT2D eigenvalue weighted by Gasteiger charge is 2.18. The number of hydrogen-bond donors (Lipinski definition) is 1. The number of methoxy groups -OCH3 is 1. The van der Waals surface area contributed by atoms with Gasteiger partial charge < -0.3 is 9.84 Å². The van der Waals surface area contributed by atoms with Gasteiger partial charge in [-0.3, -0.25) is 0 Å². The van der Waals surface area contributed by atoms with Gasteiger partial charge >= 0.3 is 0 Å². The minimum absolute atomic E-state index is 0.586. The average molecular weight is 255 g/mol. The van der Waals surface area contributed by atoms with Gasteiger partial charge in [-0.15, -0.1) is 11.3 Å². The van der Waals surface area contributed by atoms with E-state index < -0.39 is 6.10 Å². The summed E-state index contributed by atoms with van der Waals surface area (Å²) in [6.45, 7) is 0. The van der Waals surface area contributed by atoms with Gasteiger partial charge in [0.15, 0.2) is 0 Å². The number of rotatable bonds is 3. The van der Waals surface area contributed by atoms with Crippen molar-refractivity contribution in [1.29, 1.82) is 0 Å². The summed E-state index contributed by atoms with van der Waals surface area (Å²) in [7, 11) is 1.58. The molecular weight excluding hydrogens is 244 g/mol. The Balaban J connectivity index is 2.41. The Kier molecular flexibility index (Phi) is 3.49. The van der Waals surface area contributed by atoms with Crippen LogP contribution in [0.1, 0.15) is 16.5 Å². The predicted molar refractivity (Wildman–Crippen MR) is 66.4 cm³/mol. The highest BCUT2D eigenvalue weighted by molar-refractivity contribution is 7.10. The SMILES string of the molecule is COc1ccccc1C(O)c1sccc1Cl. The molecular formula is C12H11ClO2S. The molecule has 1 N–H and O–H groups in total. The average Bonchev–Trinajstić information content (AvgIpc) is 2.74. The first-order valence-electron chi connectivity index (χ1n) is 4.78. The van der Waals surface area contributed by atoms with Crippen LogP contribution in [0, 0.1) is 0 Å². The molecule has 0 spiro atoms. The minimum atomic E-state index is -0.733. The summed E-state index contributed by atoms with van der Waals surface area (Å²) >= 11 is 7.42. The molecule has 0 saturated heterocycles. The lowest BCUT2D eigenvalue weighted by atomic mass is 10.1. The summed E-state index contributed by atoms with van der Waals surface area (Å²) < 4.78 is 5.21. The van der Waals surface area contributed by atoms with Crippen molar-refractivity contribution in [2.45, 2.75) is 6.10 Å². The van der Waals surface area contributed by atoms with E-state index in [0.717, 1.165) is 10.4 Å². The molecule has 1 aromatic carbocycles. The zero-order valence-electron chi connectivity index (χ0n) is 8.68. The van der Waals surface area contributed by atoms with Gasteiger partial charge in [0.05, 0.1) is 17.0 Å². The van der Waals surface area contributed by atoms with Crippen LogP contribution in [0.2, 0.25) is 5.02 Å². The highest BCUT2D eigenvalue weighted by Crippen LogP contribution is 2.36. The van der Waals surface area contributed by atoms with Crippen LogP contribution in [0.15, 0.2) is 35.7 Å². The molecule has 1 atom stereocenters. The molecule has 0 aliphatic rings. The number of hydrogen-bond acceptors (Lipinski definition) is 3. The number of halogens is 1. The molecule has 0 saturated carbocycles. The summed E-state index contributed by atoms with van der Waals surface area (Å²) in [4.78, 5) is 0.742. The Morgan fingerprint density at radius 2 is 2.06 bits per heavy atom. The van der Waals surface area contributed by atoms with Crippen molar-refractivity contribution >= 4 is 22.9 Å². The second-order valence-electron chi connectivity index (χ2n) is 3.28. The molecule has 0 amide bonds. The molecule has 16 heavy (non-hydrogen) atoms. The molecule has 84 valence electrons. The van der Waals surface area contributed by atoms with Crippen molar-refractivity contribution in [2.75, 3.05) is 7.11 Å². The van der Waals surface area contributed by atoms with Crippen LogP contribution in [0.25, 0.3) is 0 Å². The highest BCUT2D eigenvalue weighted by atomic mass is 35.5. The monoisotopic (exact) mass is 254 g/mol. The van der Waals surface area contributed by atoms with Gasteiger partial charge in [-0.25, -0.2) is 0 Å². The molecule has 2 aromatic rings. The van der Waals surface area contributed by atoms with Crippen LogP contribution in [0.4, 0.5) is 0 Å². The summed E-state index contributed by atoms with van der Waals surface area (Å²) in [5, 5.41) is 12.7. The zero-order valence-corrected chi connectivity index (χ0v) is 10.3. The summed E-state index contributed by atoms with van der Waals surface area (Å²) in [6, 6.07) is 9.16. The number of para-hydroxylation sites is 1. The molecule has 1 unspecified atom stereocenters. The van der Waals surface area contributed by atoms with Crippen molar-refractivity contribution in [3.05, 3.63) is 51.2 Å². The van der Waals surface area contributed by atoms with Gasteiger partial charge in [-0.1, -0.05) is 29.8 Å². The molecule has 0 radical (unpaired) electrons. The van der Waals surface area contributed by atoms with Crippen molar-refractivity contribution in [2.24, 2.45) is 0 Å². The molecule has 0 fully saturated rings. The Morgan fingerprint density at radius 3 is 2.69 bits per heavy atom. The number of aliphatic hydroxyl groups is 1. The standard InChI is InChI=1S/C12H11ClO2S/c1-15-10-5-3-2-4-8(10)11(14)12-9(13)6-7-16-12/h2-7,11,14H,1H3. The van der Waals surface area contributed by atoms with E-state index >= 15 is 0 Å². The number of ether oxygens (including phenoxy) is 1. The molecule has 1 aromatic heterocycles. The molecule has 0 bridgehead atoms. The fraction of sp³-hybridized carbons (Fsp3) is 0.167. The molecule has 0 aliphatic carbocycles. The summed E-state index contributed by atoms with van der Waals surface area (Å²) in [5.41, 5.74) is 0.731. The van der Waals surface area contributed by atoms with Crippen molar-refractivity contribution in [3.8, 4) is 5.75 Å². The maximum atomic E-state index is 10.2. The topological polar surface area (TPSA) is 29.5 Å². The lowest BCUT2D eigenvalue weighted by molar-refractivity contribution is 0.218. The second kappa shape index (κ2) is 4.87.